The van der Waals surface area contributed by atoms with Crippen LogP contribution in [0, 0.1) is 0 Å². The molecule has 1 aliphatic carbocycles. The number of hydrogen-bond donors (Lipinski definition) is 0. The molecule has 5 aromatic rings. The van der Waals surface area contributed by atoms with E-state index in [-0.39, 0.29) is 0 Å². The van der Waals surface area contributed by atoms with Crippen molar-refractivity contribution in [2.24, 2.45) is 0 Å². The van der Waals surface area contributed by atoms with Crippen LogP contribution in [0.1, 0.15) is 27.8 Å². The third kappa shape index (κ3) is 4.66. The van der Waals surface area contributed by atoms with Gasteiger partial charge in [0.15, 0.2) is 5.60 Å². The second-order valence-electron chi connectivity index (χ2n) is 12.1. The molecule has 46 heavy (non-hydrogen) atoms. The Morgan fingerprint density at radius 3 is 2.11 bits per heavy atom. The molecular weight excluding hydrogens is 591 g/mol. The van der Waals surface area contributed by atoms with E-state index < -0.39 is 5.60 Å². The largest absolute Gasteiger partial charge is 0.497 e. The summed E-state index contributed by atoms with van der Waals surface area (Å²) in [6.45, 7) is 3.21. The number of anilines is 1. The predicted molar refractivity (Wildman–Crippen MR) is 188 cm³/mol. The molecule has 5 nitrogen and oxygen atoms in total. The normalized spacial score (nSPS) is 16.3. The molecule has 0 aromatic heterocycles. The van der Waals surface area contributed by atoms with Gasteiger partial charge < -0.3 is 23.8 Å². The molecule has 5 aromatic carbocycles. The summed E-state index contributed by atoms with van der Waals surface area (Å²) in [5.41, 5.74) is 9.08. The van der Waals surface area contributed by atoms with Crippen LogP contribution in [0.3, 0.4) is 0 Å². The number of ether oxygens (including phenoxy) is 4. The first kappa shape index (κ1) is 29.0. The van der Waals surface area contributed by atoms with Crippen molar-refractivity contribution in [3.63, 3.8) is 0 Å². The van der Waals surface area contributed by atoms with Gasteiger partial charge in [-0.05, 0) is 89.2 Å². The number of aryl methyl sites for hydroxylation is 1. The first-order chi connectivity index (χ1) is 22.6. The number of benzene rings is 5. The number of fused-ring (bicyclic) bond motifs is 8. The fourth-order valence-corrected chi connectivity index (χ4v) is 8.04. The average molecular weight is 628 g/mol. The van der Waals surface area contributed by atoms with Crippen LogP contribution < -0.4 is 19.1 Å². The molecule has 1 fully saturated rings. The molecule has 0 atom stereocenters. The summed E-state index contributed by atoms with van der Waals surface area (Å²) in [6, 6.07) is 30.2. The zero-order valence-electron chi connectivity index (χ0n) is 26.5. The number of rotatable bonds is 6. The highest BCUT2D eigenvalue weighted by Gasteiger charge is 2.40. The van der Waals surface area contributed by atoms with Gasteiger partial charge in [-0.3, -0.25) is 0 Å². The Morgan fingerprint density at radius 2 is 1.46 bits per heavy atom. The van der Waals surface area contributed by atoms with Gasteiger partial charge in [-0.2, -0.15) is 0 Å². The average Bonchev–Trinajstić information content (AvgIpc) is 3.14. The third-order valence-electron chi connectivity index (χ3n) is 9.77. The topological polar surface area (TPSA) is 40.2 Å². The maximum absolute atomic E-state index is 7.50. The quantitative estimate of drug-likeness (QED) is 0.176. The van der Waals surface area contributed by atoms with Crippen molar-refractivity contribution >= 4 is 34.3 Å². The summed E-state index contributed by atoms with van der Waals surface area (Å²) in [5.74, 6) is 2.56. The van der Waals surface area contributed by atoms with E-state index in [1.54, 1.807) is 14.2 Å². The molecule has 0 radical (unpaired) electrons. The molecule has 1 saturated heterocycles. The molecule has 0 saturated carbocycles. The molecule has 0 spiro atoms. The zero-order valence-corrected chi connectivity index (χ0v) is 27.3. The Hall–Kier alpha value is -4.39. The second kappa shape index (κ2) is 11.8. The molecule has 6 heteroatoms. The van der Waals surface area contributed by atoms with Crippen molar-refractivity contribution in [3.05, 3.63) is 119 Å². The Bertz CT molecular complexity index is 1910. The van der Waals surface area contributed by atoms with Crippen LogP contribution in [-0.2, 0) is 23.2 Å². The first-order valence-electron chi connectivity index (χ1n) is 15.9. The van der Waals surface area contributed by atoms with Gasteiger partial charge in [0.1, 0.15) is 17.2 Å². The van der Waals surface area contributed by atoms with E-state index in [0.29, 0.717) is 0 Å². The maximum atomic E-state index is 7.50. The van der Waals surface area contributed by atoms with Crippen LogP contribution in [0.2, 0.25) is 0 Å². The summed E-state index contributed by atoms with van der Waals surface area (Å²) >= 11 is 1.81. The minimum absolute atomic E-state index is 0.735. The van der Waals surface area contributed by atoms with E-state index >= 15 is 0 Å². The lowest BCUT2D eigenvalue weighted by atomic mass is 9.77. The lowest BCUT2D eigenvalue weighted by Gasteiger charge is -2.39. The smallest absolute Gasteiger partial charge is 0.178 e. The van der Waals surface area contributed by atoms with Crippen molar-refractivity contribution in [2.75, 3.05) is 51.7 Å². The van der Waals surface area contributed by atoms with Crippen LogP contribution in [-0.4, -0.2) is 46.8 Å². The summed E-state index contributed by atoms with van der Waals surface area (Å²) in [6.07, 6.45) is 8.72. The molecule has 0 bridgehead atoms. The number of nitrogens with zero attached hydrogens (tertiary/aromatic N) is 1. The van der Waals surface area contributed by atoms with E-state index in [2.05, 4.69) is 84.0 Å². The second-order valence-corrected chi connectivity index (χ2v) is 12.9. The van der Waals surface area contributed by atoms with Gasteiger partial charge >= 0.3 is 0 Å². The standard InChI is InChI=1S/C40H37NO4S/c1-42-29-13-9-27(10-14-29)40(28-11-15-30(43-2)16-12-28)19-18-33-32-17-8-26-6-4-5-7-31(26)38(32)34-25-37(46-3)36(24-35(34)39(33)45-40)41-20-22-44-23-21-41/h4-7,9-16,18-19,24-25H,8,17,20-23H2,1-3H3. The first-order valence-corrected chi connectivity index (χ1v) is 17.1. The molecule has 232 valence electrons. The summed E-state index contributed by atoms with van der Waals surface area (Å²) in [5, 5.41) is 2.39. The van der Waals surface area contributed by atoms with Crippen LogP contribution in [0.5, 0.6) is 17.2 Å². The van der Waals surface area contributed by atoms with Crippen molar-refractivity contribution in [2.45, 2.75) is 23.3 Å². The highest BCUT2D eigenvalue weighted by atomic mass is 32.2. The van der Waals surface area contributed by atoms with Gasteiger partial charge in [0, 0.05) is 40.1 Å². The minimum Gasteiger partial charge on any atom is -0.497 e. The Morgan fingerprint density at radius 1 is 0.783 bits per heavy atom. The van der Waals surface area contributed by atoms with Gasteiger partial charge in [-0.25, -0.2) is 0 Å². The highest BCUT2D eigenvalue weighted by molar-refractivity contribution is 7.98. The highest BCUT2D eigenvalue weighted by Crippen LogP contribution is 2.53. The summed E-state index contributed by atoms with van der Waals surface area (Å²) in [4.78, 5) is 3.75. The van der Waals surface area contributed by atoms with Gasteiger partial charge in [0.05, 0.1) is 33.1 Å². The molecule has 0 N–H and O–H groups in total. The van der Waals surface area contributed by atoms with Crippen LogP contribution in [0.4, 0.5) is 5.69 Å². The van der Waals surface area contributed by atoms with Crippen molar-refractivity contribution in [1.29, 1.82) is 0 Å². The third-order valence-corrected chi connectivity index (χ3v) is 10.5. The van der Waals surface area contributed by atoms with Crippen LogP contribution in [0.15, 0.2) is 95.9 Å². The number of hydrogen-bond acceptors (Lipinski definition) is 6. The fourth-order valence-electron chi connectivity index (χ4n) is 7.40. The van der Waals surface area contributed by atoms with Crippen molar-refractivity contribution in [3.8, 4) is 28.4 Å². The molecule has 3 aliphatic rings. The van der Waals surface area contributed by atoms with E-state index in [1.165, 1.54) is 43.8 Å². The zero-order chi connectivity index (χ0) is 31.3. The molecule has 2 aliphatic heterocycles. The van der Waals surface area contributed by atoms with Crippen LogP contribution >= 0.6 is 11.8 Å². The fraction of sp³-hybridized carbons (Fsp3) is 0.250. The van der Waals surface area contributed by atoms with Crippen LogP contribution in [0.25, 0.3) is 28.0 Å². The Balaban J connectivity index is 1.42. The summed E-state index contributed by atoms with van der Waals surface area (Å²) in [7, 11) is 3.40. The molecule has 8 rings (SSSR count). The van der Waals surface area contributed by atoms with Gasteiger partial charge in [-0.1, -0.05) is 54.6 Å². The lowest BCUT2D eigenvalue weighted by molar-refractivity contribution is 0.122. The monoisotopic (exact) mass is 627 g/mol. The SMILES string of the molecule is COc1ccc(C2(c3ccc(OC)cc3)C=Cc3c4c(c5cc(SC)c(N6CCOCC6)cc5c3O2)-c2ccccc2CC4)cc1. The van der Waals surface area contributed by atoms with E-state index in [1.807, 2.05) is 36.0 Å². The maximum Gasteiger partial charge on any atom is 0.178 e. The predicted octanol–water partition coefficient (Wildman–Crippen LogP) is 8.53. The number of thioether (sulfide) groups is 1. The van der Waals surface area contributed by atoms with Gasteiger partial charge in [0.2, 0.25) is 0 Å². The van der Waals surface area contributed by atoms with E-state index in [0.717, 1.165) is 72.9 Å². The molecule has 2 heterocycles. The Labute approximate surface area is 274 Å². The Kier molecular flexibility index (Phi) is 7.42. The molecular formula is C40H37NO4S. The van der Waals surface area contributed by atoms with Gasteiger partial charge in [-0.15, -0.1) is 11.8 Å². The molecule has 0 amide bonds. The number of methoxy groups -OCH3 is 2. The van der Waals surface area contributed by atoms with E-state index in [4.69, 9.17) is 18.9 Å². The summed E-state index contributed by atoms with van der Waals surface area (Å²) < 4.78 is 24.3. The van der Waals surface area contributed by atoms with E-state index in [9.17, 15) is 0 Å². The molecule has 0 unspecified atom stereocenters. The van der Waals surface area contributed by atoms with Crippen molar-refractivity contribution in [1.82, 2.24) is 0 Å². The van der Waals surface area contributed by atoms with Crippen molar-refractivity contribution < 1.29 is 18.9 Å². The lowest BCUT2D eigenvalue weighted by Crippen LogP contribution is -2.36. The number of morpholine rings is 1. The minimum atomic E-state index is -0.851. The van der Waals surface area contributed by atoms with Gasteiger partial charge in [0.25, 0.3) is 0 Å².